The monoisotopic (exact) mass is 234 g/mol. The van der Waals surface area contributed by atoms with Gasteiger partial charge in [0.15, 0.2) is 0 Å². The van der Waals surface area contributed by atoms with Gasteiger partial charge in [0, 0.05) is 30.8 Å². The smallest absolute Gasteiger partial charge is 0.220 e. The van der Waals surface area contributed by atoms with Crippen LogP contribution in [-0.2, 0) is 4.79 Å². The van der Waals surface area contributed by atoms with Gasteiger partial charge in [0.05, 0.1) is 0 Å². The molecule has 0 aliphatic heterocycles. The first-order valence-corrected chi connectivity index (χ1v) is 6.06. The Labute approximate surface area is 101 Å². The zero-order chi connectivity index (χ0) is 12.1. The van der Waals surface area contributed by atoms with Gasteiger partial charge in [-0.1, -0.05) is 0 Å². The van der Waals surface area contributed by atoms with E-state index >= 15 is 0 Å². The third-order valence-corrected chi connectivity index (χ3v) is 2.63. The van der Waals surface area contributed by atoms with Crippen molar-refractivity contribution in [1.29, 1.82) is 0 Å². The predicted molar refractivity (Wildman–Crippen MR) is 65.7 cm³/mol. The number of carbonyl (C=O) groups is 1. The van der Waals surface area contributed by atoms with Gasteiger partial charge in [-0.2, -0.15) is 0 Å². The summed E-state index contributed by atoms with van der Waals surface area (Å²) in [5.74, 6) is 0.980. The molecule has 5 nitrogen and oxygen atoms in total. The van der Waals surface area contributed by atoms with Crippen molar-refractivity contribution in [2.75, 3.05) is 11.9 Å². The first kappa shape index (κ1) is 11.8. The number of aromatic nitrogens is 2. The molecule has 0 unspecified atom stereocenters. The molecule has 1 aromatic heterocycles. The summed E-state index contributed by atoms with van der Waals surface area (Å²) < 4.78 is 0. The number of amides is 1. The quantitative estimate of drug-likeness (QED) is 0.727. The van der Waals surface area contributed by atoms with Gasteiger partial charge in [-0.3, -0.25) is 4.79 Å². The topological polar surface area (TPSA) is 66.9 Å². The van der Waals surface area contributed by atoms with Gasteiger partial charge in [0.2, 0.25) is 5.91 Å². The van der Waals surface area contributed by atoms with E-state index in [1.807, 2.05) is 13.0 Å². The predicted octanol–water partition coefficient (Wildman–Crippen LogP) is 1.26. The number of hydrogen-bond donors (Lipinski definition) is 2. The molecule has 0 radical (unpaired) electrons. The Kier molecular flexibility index (Phi) is 3.90. The molecule has 92 valence electrons. The number of aryl methyl sites for hydroxylation is 1. The molecular weight excluding hydrogens is 216 g/mol. The van der Waals surface area contributed by atoms with E-state index in [-0.39, 0.29) is 5.91 Å². The Bertz CT molecular complexity index is 390. The lowest BCUT2D eigenvalue weighted by Crippen LogP contribution is -2.25. The van der Waals surface area contributed by atoms with Crippen LogP contribution in [0.1, 0.15) is 31.4 Å². The highest BCUT2D eigenvalue weighted by atomic mass is 16.1. The fourth-order valence-electron chi connectivity index (χ4n) is 1.54. The standard InChI is InChI=1S/C12H18N4O/c1-9-7-11(15-8-14-9)13-6-2-3-12(17)16-10-4-5-10/h7-8,10H,2-6H2,1H3,(H,16,17)(H,13,14,15). The number of hydrogen-bond acceptors (Lipinski definition) is 4. The summed E-state index contributed by atoms with van der Waals surface area (Å²) >= 11 is 0. The Morgan fingerprint density at radius 2 is 2.29 bits per heavy atom. The molecule has 1 saturated carbocycles. The fraction of sp³-hybridized carbons (Fsp3) is 0.583. The van der Waals surface area contributed by atoms with Crippen molar-refractivity contribution in [3.63, 3.8) is 0 Å². The summed E-state index contributed by atoms with van der Waals surface area (Å²) in [7, 11) is 0. The van der Waals surface area contributed by atoms with Gasteiger partial charge in [0.1, 0.15) is 12.1 Å². The molecule has 1 heterocycles. The van der Waals surface area contributed by atoms with E-state index in [1.54, 1.807) is 0 Å². The van der Waals surface area contributed by atoms with E-state index in [1.165, 1.54) is 6.33 Å². The van der Waals surface area contributed by atoms with Crippen molar-refractivity contribution in [2.24, 2.45) is 0 Å². The molecule has 1 fully saturated rings. The minimum Gasteiger partial charge on any atom is -0.370 e. The van der Waals surface area contributed by atoms with Crippen molar-refractivity contribution < 1.29 is 4.79 Å². The Hall–Kier alpha value is -1.65. The largest absolute Gasteiger partial charge is 0.370 e. The van der Waals surface area contributed by atoms with Gasteiger partial charge in [-0.15, -0.1) is 0 Å². The SMILES string of the molecule is Cc1cc(NCCCC(=O)NC2CC2)ncn1. The molecule has 1 aliphatic rings. The maximum absolute atomic E-state index is 11.4. The van der Waals surface area contributed by atoms with Crippen LogP contribution >= 0.6 is 0 Å². The van der Waals surface area contributed by atoms with Gasteiger partial charge in [-0.25, -0.2) is 9.97 Å². The molecule has 17 heavy (non-hydrogen) atoms. The van der Waals surface area contributed by atoms with Crippen LogP contribution in [0.3, 0.4) is 0 Å². The lowest BCUT2D eigenvalue weighted by molar-refractivity contribution is -0.121. The van der Waals surface area contributed by atoms with Crippen LogP contribution in [0.4, 0.5) is 5.82 Å². The van der Waals surface area contributed by atoms with Crippen molar-refractivity contribution in [2.45, 2.75) is 38.6 Å². The molecule has 2 rings (SSSR count). The van der Waals surface area contributed by atoms with Crippen LogP contribution in [-0.4, -0.2) is 28.5 Å². The van der Waals surface area contributed by atoms with Crippen LogP contribution in [0.25, 0.3) is 0 Å². The average Bonchev–Trinajstić information content (AvgIpc) is 3.08. The van der Waals surface area contributed by atoms with Crippen molar-refractivity contribution >= 4 is 11.7 Å². The molecule has 0 bridgehead atoms. The van der Waals surface area contributed by atoms with E-state index in [0.29, 0.717) is 12.5 Å². The van der Waals surface area contributed by atoms with E-state index in [0.717, 1.165) is 37.3 Å². The summed E-state index contributed by atoms with van der Waals surface area (Å²) in [6.07, 6.45) is 5.22. The summed E-state index contributed by atoms with van der Waals surface area (Å²) in [6.45, 7) is 2.69. The van der Waals surface area contributed by atoms with E-state index in [4.69, 9.17) is 0 Å². The Morgan fingerprint density at radius 1 is 1.47 bits per heavy atom. The van der Waals surface area contributed by atoms with E-state index in [2.05, 4.69) is 20.6 Å². The highest BCUT2D eigenvalue weighted by Gasteiger charge is 2.22. The lowest BCUT2D eigenvalue weighted by atomic mass is 10.3. The second kappa shape index (κ2) is 5.61. The van der Waals surface area contributed by atoms with Gasteiger partial charge >= 0.3 is 0 Å². The normalized spacial score (nSPS) is 14.4. The minimum absolute atomic E-state index is 0.160. The molecule has 0 saturated heterocycles. The zero-order valence-corrected chi connectivity index (χ0v) is 10.1. The Balaban J connectivity index is 1.60. The lowest BCUT2D eigenvalue weighted by Gasteiger charge is -2.06. The number of rotatable bonds is 6. The zero-order valence-electron chi connectivity index (χ0n) is 10.1. The highest BCUT2D eigenvalue weighted by molar-refractivity contribution is 5.76. The second-order valence-corrected chi connectivity index (χ2v) is 4.42. The minimum atomic E-state index is 0.160. The third-order valence-electron chi connectivity index (χ3n) is 2.63. The number of nitrogens with zero attached hydrogens (tertiary/aromatic N) is 2. The van der Waals surface area contributed by atoms with Crippen molar-refractivity contribution in [3.8, 4) is 0 Å². The van der Waals surface area contributed by atoms with Crippen LogP contribution < -0.4 is 10.6 Å². The van der Waals surface area contributed by atoms with Gasteiger partial charge < -0.3 is 10.6 Å². The highest BCUT2D eigenvalue weighted by Crippen LogP contribution is 2.18. The second-order valence-electron chi connectivity index (χ2n) is 4.42. The summed E-state index contributed by atoms with van der Waals surface area (Å²) in [6, 6.07) is 2.35. The third kappa shape index (κ3) is 4.38. The Morgan fingerprint density at radius 3 is 3.00 bits per heavy atom. The molecule has 5 heteroatoms. The maximum atomic E-state index is 11.4. The summed E-state index contributed by atoms with van der Waals surface area (Å²) in [5, 5.41) is 6.15. The maximum Gasteiger partial charge on any atom is 0.220 e. The van der Waals surface area contributed by atoms with Crippen LogP contribution in [0.5, 0.6) is 0 Å². The van der Waals surface area contributed by atoms with Crippen LogP contribution in [0.2, 0.25) is 0 Å². The molecule has 1 aromatic rings. The van der Waals surface area contributed by atoms with Crippen molar-refractivity contribution in [3.05, 3.63) is 18.1 Å². The van der Waals surface area contributed by atoms with Gasteiger partial charge in [-0.05, 0) is 26.2 Å². The van der Waals surface area contributed by atoms with Crippen molar-refractivity contribution in [1.82, 2.24) is 15.3 Å². The van der Waals surface area contributed by atoms with E-state index < -0.39 is 0 Å². The first-order chi connectivity index (χ1) is 8.24. The molecule has 1 amide bonds. The van der Waals surface area contributed by atoms with Gasteiger partial charge in [0.25, 0.3) is 0 Å². The molecule has 1 aliphatic carbocycles. The number of carbonyl (C=O) groups excluding carboxylic acids is 1. The average molecular weight is 234 g/mol. The van der Waals surface area contributed by atoms with E-state index in [9.17, 15) is 4.79 Å². The first-order valence-electron chi connectivity index (χ1n) is 6.06. The summed E-state index contributed by atoms with van der Waals surface area (Å²) in [4.78, 5) is 19.5. The molecule has 0 aromatic carbocycles. The summed E-state index contributed by atoms with van der Waals surface area (Å²) in [5.41, 5.74) is 0.939. The number of anilines is 1. The van der Waals surface area contributed by atoms with Crippen LogP contribution in [0, 0.1) is 6.92 Å². The molecular formula is C12H18N4O. The number of nitrogens with one attached hydrogen (secondary N) is 2. The fourth-order valence-corrected chi connectivity index (χ4v) is 1.54. The van der Waals surface area contributed by atoms with Crippen LogP contribution in [0.15, 0.2) is 12.4 Å². The molecule has 0 spiro atoms. The molecule has 2 N–H and O–H groups in total. The molecule has 0 atom stereocenters.